The quantitative estimate of drug-likeness (QED) is 0.560. The van der Waals surface area contributed by atoms with Gasteiger partial charge >= 0.3 is 0 Å². The van der Waals surface area contributed by atoms with Gasteiger partial charge in [-0.25, -0.2) is 4.98 Å². The second-order valence-corrected chi connectivity index (χ2v) is 5.61. The van der Waals surface area contributed by atoms with Crippen LogP contribution < -0.4 is 0 Å². The Morgan fingerprint density at radius 3 is 2.62 bits per heavy atom. The topological polar surface area (TPSA) is 73.0 Å². The Morgan fingerprint density at radius 2 is 1.86 bits per heavy atom. The van der Waals surface area contributed by atoms with Gasteiger partial charge in [0.15, 0.2) is 11.5 Å². The Labute approximate surface area is 120 Å². The summed E-state index contributed by atoms with van der Waals surface area (Å²) in [5.41, 5.74) is 2.46. The van der Waals surface area contributed by atoms with Gasteiger partial charge in [-0.15, -0.1) is 10.2 Å². The van der Waals surface area contributed by atoms with Gasteiger partial charge in [-0.05, 0) is 5.92 Å². The van der Waals surface area contributed by atoms with Crippen molar-refractivity contribution in [3.63, 3.8) is 0 Å². The first-order valence-electron chi connectivity index (χ1n) is 6.91. The summed E-state index contributed by atoms with van der Waals surface area (Å²) >= 11 is 0. The van der Waals surface area contributed by atoms with Crippen molar-refractivity contribution in [2.24, 2.45) is 5.92 Å². The number of nitrogens with zero attached hydrogens (tertiary/aromatic N) is 5. The van der Waals surface area contributed by atoms with Crippen LogP contribution in [-0.4, -0.2) is 30.6 Å². The van der Waals surface area contributed by atoms with Gasteiger partial charge in [0.05, 0.1) is 0 Å². The highest BCUT2D eigenvalue weighted by molar-refractivity contribution is 6.19. The lowest BCUT2D eigenvalue weighted by Crippen LogP contribution is -2.09. The minimum atomic E-state index is -0.0841. The molecule has 4 rings (SSSR count). The predicted octanol–water partition coefficient (Wildman–Crippen LogP) is 1.93. The largest absolute Gasteiger partial charge is 0.287 e. The highest BCUT2D eigenvalue weighted by atomic mass is 16.1. The maximum absolute atomic E-state index is 12.4. The lowest BCUT2D eigenvalue weighted by Gasteiger charge is -2.03. The van der Waals surface area contributed by atoms with Crippen LogP contribution >= 0.6 is 0 Å². The summed E-state index contributed by atoms with van der Waals surface area (Å²) in [6.45, 7) is 4.20. The van der Waals surface area contributed by atoms with Crippen LogP contribution in [0.2, 0.25) is 0 Å². The van der Waals surface area contributed by atoms with Crippen LogP contribution in [0.5, 0.6) is 0 Å². The number of ketones is 1. The molecule has 0 spiro atoms. The van der Waals surface area contributed by atoms with Crippen molar-refractivity contribution >= 4 is 11.6 Å². The average Bonchev–Trinajstić information content (AvgIpc) is 2.98. The van der Waals surface area contributed by atoms with E-state index in [1.165, 1.54) is 0 Å². The monoisotopic (exact) mass is 279 g/mol. The number of benzene rings is 1. The normalized spacial score (nSPS) is 13.0. The van der Waals surface area contributed by atoms with Crippen molar-refractivity contribution in [3.8, 4) is 11.3 Å². The van der Waals surface area contributed by atoms with Crippen molar-refractivity contribution in [2.75, 3.05) is 0 Å². The number of hydrogen-bond donors (Lipinski definition) is 0. The average molecular weight is 279 g/mol. The van der Waals surface area contributed by atoms with Crippen LogP contribution in [0.15, 0.2) is 24.3 Å². The zero-order chi connectivity index (χ0) is 14.6. The summed E-state index contributed by atoms with van der Waals surface area (Å²) in [5, 5.41) is 12.7. The molecular weight excluding hydrogens is 266 g/mol. The highest BCUT2D eigenvalue weighted by Gasteiger charge is 2.31. The fourth-order valence-corrected chi connectivity index (χ4v) is 2.62. The summed E-state index contributed by atoms with van der Waals surface area (Å²) < 4.78 is 1.59. The Hall–Kier alpha value is -2.63. The molecular formula is C15H13N5O. The number of hydrogen-bond acceptors (Lipinski definition) is 5. The Bertz CT molecular complexity index is 881. The van der Waals surface area contributed by atoms with Crippen molar-refractivity contribution in [2.45, 2.75) is 20.3 Å². The SMILES string of the molecule is CC(C)Cc1nnc2nc3c(nn12)C(=O)c1ccccc1-3. The zero-order valence-electron chi connectivity index (χ0n) is 11.7. The molecule has 1 aliphatic rings. The molecule has 0 N–H and O–H groups in total. The molecule has 21 heavy (non-hydrogen) atoms. The summed E-state index contributed by atoms with van der Waals surface area (Å²) in [6.07, 6.45) is 0.746. The first-order chi connectivity index (χ1) is 10.1. The third-order valence-corrected chi connectivity index (χ3v) is 3.56. The molecule has 3 aromatic rings. The minimum absolute atomic E-state index is 0.0841. The molecule has 0 atom stereocenters. The number of fused-ring (bicyclic) bond motifs is 4. The molecule has 0 amide bonds. The van der Waals surface area contributed by atoms with Crippen molar-refractivity contribution in [3.05, 3.63) is 41.3 Å². The van der Waals surface area contributed by atoms with Crippen LogP contribution in [0, 0.1) is 5.92 Å². The Balaban J connectivity index is 1.96. The molecule has 1 aromatic carbocycles. The molecule has 104 valence electrons. The summed E-state index contributed by atoms with van der Waals surface area (Å²) in [7, 11) is 0. The minimum Gasteiger partial charge on any atom is -0.287 e. The van der Waals surface area contributed by atoms with Crippen LogP contribution in [0.4, 0.5) is 0 Å². The Kier molecular flexibility index (Phi) is 2.42. The van der Waals surface area contributed by atoms with E-state index in [2.05, 4.69) is 34.1 Å². The molecule has 0 bridgehead atoms. The third kappa shape index (κ3) is 1.68. The molecule has 0 radical (unpaired) electrons. The van der Waals surface area contributed by atoms with Crippen LogP contribution in [0.3, 0.4) is 0 Å². The van der Waals surface area contributed by atoms with Gasteiger partial charge in [0.1, 0.15) is 5.69 Å². The van der Waals surface area contributed by atoms with Gasteiger partial charge in [-0.1, -0.05) is 38.1 Å². The predicted molar refractivity (Wildman–Crippen MR) is 76.0 cm³/mol. The summed E-state index contributed by atoms with van der Waals surface area (Å²) in [4.78, 5) is 16.9. The molecule has 1 aliphatic carbocycles. The summed E-state index contributed by atoms with van der Waals surface area (Å²) in [6, 6.07) is 7.42. The lowest BCUT2D eigenvalue weighted by molar-refractivity contribution is 0.103. The van der Waals surface area contributed by atoms with Gasteiger partial charge in [0.2, 0.25) is 5.78 Å². The smallest absolute Gasteiger partial charge is 0.272 e. The fourth-order valence-electron chi connectivity index (χ4n) is 2.62. The molecule has 0 aliphatic heterocycles. The van der Waals surface area contributed by atoms with E-state index in [4.69, 9.17) is 0 Å². The van der Waals surface area contributed by atoms with Gasteiger partial charge in [0, 0.05) is 17.5 Å². The second-order valence-electron chi connectivity index (χ2n) is 5.61. The second kappa shape index (κ2) is 4.18. The van der Waals surface area contributed by atoms with Crippen LogP contribution in [0.1, 0.15) is 35.7 Å². The van der Waals surface area contributed by atoms with E-state index >= 15 is 0 Å². The third-order valence-electron chi connectivity index (χ3n) is 3.56. The van der Waals surface area contributed by atoms with E-state index in [9.17, 15) is 4.79 Å². The van der Waals surface area contributed by atoms with Gasteiger partial charge in [0.25, 0.3) is 5.78 Å². The first-order valence-corrected chi connectivity index (χ1v) is 6.91. The Morgan fingerprint density at radius 1 is 1.10 bits per heavy atom. The van der Waals surface area contributed by atoms with Crippen molar-refractivity contribution < 1.29 is 4.79 Å². The van der Waals surface area contributed by atoms with E-state index < -0.39 is 0 Å². The molecule has 2 aromatic heterocycles. The molecule has 0 saturated heterocycles. The fraction of sp³-hybridized carbons (Fsp3) is 0.267. The summed E-state index contributed by atoms with van der Waals surface area (Å²) in [5.74, 6) is 1.52. The van der Waals surface area contributed by atoms with Crippen molar-refractivity contribution in [1.82, 2.24) is 24.8 Å². The molecule has 6 nitrogen and oxygen atoms in total. The van der Waals surface area contributed by atoms with Crippen LogP contribution in [-0.2, 0) is 6.42 Å². The maximum Gasteiger partial charge on any atom is 0.272 e. The van der Waals surface area contributed by atoms with Gasteiger partial charge in [-0.3, -0.25) is 4.79 Å². The van der Waals surface area contributed by atoms with E-state index in [1.54, 1.807) is 10.6 Å². The molecule has 2 heterocycles. The van der Waals surface area contributed by atoms with Gasteiger partial charge < -0.3 is 0 Å². The number of aromatic nitrogens is 5. The molecule has 0 unspecified atom stereocenters. The molecule has 6 heteroatoms. The standard InChI is InChI=1S/C15H13N5O/c1-8(2)7-11-17-18-15-16-12-9-5-3-4-6-10(9)14(21)13(12)19-20(11)15/h3-6,8H,7H2,1-2H3. The zero-order valence-corrected chi connectivity index (χ0v) is 11.7. The van der Waals surface area contributed by atoms with E-state index in [-0.39, 0.29) is 5.78 Å². The maximum atomic E-state index is 12.4. The first kappa shape index (κ1) is 12.1. The van der Waals surface area contributed by atoms with Crippen molar-refractivity contribution in [1.29, 1.82) is 0 Å². The molecule has 0 fully saturated rings. The van der Waals surface area contributed by atoms with E-state index in [0.29, 0.717) is 28.6 Å². The highest BCUT2D eigenvalue weighted by Crippen LogP contribution is 2.33. The number of carbonyl (C=O) groups excluding carboxylic acids is 1. The van der Waals surface area contributed by atoms with Gasteiger partial charge in [-0.2, -0.15) is 9.61 Å². The number of rotatable bonds is 2. The number of carbonyl (C=O) groups is 1. The lowest BCUT2D eigenvalue weighted by atomic mass is 10.1. The molecule has 0 saturated carbocycles. The van der Waals surface area contributed by atoms with E-state index in [0.717, 1.165) is 17.8 Å². The van der Waals surface area contributed by atoms with E-state index in [1.807, 2.05) is 18.2 Å². The van der Waals surface area contributed by atoms with Crippen LogP contribution in [0.25, 0.3) is 17.0 Å².